The minimum absolute atomic E-state index is 0.505. The molecule has 0 saturated carbocycles. The molecule has 0 aliphatic rings. The van der Waals surface area contributed by atoms with Crippen LogP contribution in [0.3, 0.4) is 0 Å². The van der Waals surface area contributed by atoms with Gasteiger partial charge in [0, 0.05) is 6.54 Å². The van der Waals surface area contributed by atoms with Gasteiger partial charge in [0.15, 0.2) is 0 Å². The molecule has 0 aromatic carbocycles. The summed E-state index contributed by atoms with van der Waals surface area (Å²) in [6, 6.07) is 0. The maximum Gasteiger partial charge on any atom is 0.000517 e. The lowest BCUT2D eigenvalue weighted by atomic mass is 9.83. The molecule has 92 valence electrons. The average Bonchev–Trinajstić information content (AvgIpc) is 2.18. The van der Waals surface area contributed by atoms with Gasteiger partial charge in [-0.05, 0) is 49.1 Å². The van der Waals surface area contributed by atoms with Crippen molar-refractivity contribution >= 4 is 11.8 Å². The third kappa shape index (κ3) is 8.15. The summed E-state index contributed by atoms with van der Waals surface area (Å²) in [5.41, 5.74) is 0.505. The summed E-state index contributed by atoms with van der Waals surface area (Å²) < 4.78 is 0. The predicted octanol–water partition coefficient (Wildman–Crippen LogP) is 3.79. The van der Waals surface area contributed by atoms with E-state index in [-0.39, 0.29) is 0 Å². The minimum atomic E-state index is 0.505. The van der Waals surface area contributed by atoms with E-state index >= 15 is 0 Å². The van der Waals surface area contributed by atoms with Crippen molar-refractivity contribution in [3.63, 3.8) is 0 Å². The Kier molecular flexibility index (Phi) is 8.64. The molecule has 0 aromatic heterocycles. The van der Waals surface area contributed by atoms with E-state index in [1.807, 2.05) is 11.8 Å². The number of rotatable bonds is 9. The molecule has 0 bridgehead atoms. The van der Waals surface area contributed by atoms with Crippen molar-refractivity contribution in [2.75, 3.05) is 25.1 Å². The number of thioether (sulfide) groups is 1. The van der Waals surface area contributed by atoms with Crippen LogP contribution in [0.2, 0.25) is 0 Å². The lowest BCUT2D eigenvalue weighted by molar-refractivity contribution is 0.263. The van der Waals surface area contributed by atoms with Crippen molar-refractivity contribution in [2.45, 2.75) is 47.0 Å². The smallest absolute Gasteiger partial charge is 0.000517 e. The van der Waals surface area contributed by atoms with E-state index in [0.717, 1.165) is 12.5 Å². The van der Waals surface area contributed by atoms with Crippen molar-refractivity contribution < 1.29 is 0 Å². The molecular formula is C13H29NS. The van der Waals surface area contributed by atoms with Crippen LogP contribution in [0.4, 0.5) is 0 Å². The third-order valence-electron chi connectivity index (χ3n) is 3.09. The standard InChI is InChI=1S/C13H29NS/c1-6-13(4,8-7-9-15-5)11-14-10-12(2)3/h12,14H,6-11H2,1-5H3. The zero-order valence-corrected chi connectivity index (χ0v) is 12.0. The molecule has 0 saturated heterocycles. The van der Waals surface area contributed by atoms with E-state index in [9.17, 15) is 0 Å². The highest BCUT2D eigenvalue weighted by atomic mass is 32.2. The fraction of sp³-hybridized carbons (Fsp3) is 1.00. The molecule has 1 unspecified atom stereocenters. The van der Waals surface area contributed by atoms with Crippen molar-refractivity contribution in [3.05, 3.63) is 0 Å². The van der Waals surface area contributed by atoms with Crippen molar-refractivity contribution in [2.24, 2.45) is 11.3 Å². The number of hydrogen-bond donors (Lipinski definition) is 1. The Bertz CT molecular complexity index is 147. The Hall–Kier alpha value is 0.310. The van der Waals surface area contributed by atoms with Gasteiger partial charge in [-0.25, -0.2) is 0 Å². The second kappa shape index (κ2) is 8.46. The molecule has 0 aliphatic heterocycles. The van der Waals surface area contributed by atoms with Crippen LogP contribution in [-0.2, 0) is 0 Å². The second-order valence-electron chi connectivity index (χ2n) is 5.29. The summed E-state index contributed by atoms with van der Waals surface area (Å²) in [6.07, 6.45) is 6.19. The van der Waals surface area contributed by atoms with E-state index < -0.39 is 0 Å². The van der Waals surface area contributed by atoms with E-state index in [1.165, 1.54) is 31.6 Å². The van der Waals surface area contributed by atoms with E-state index in [1.54, 1.807) is 0 Å². The minimum Gasteiger partial charge on any atom is -0.316 e. The monoisotopic (exact) mass is 231 g/mol. The zero-order valence-electron chi connectivity index (χ0n) is 11.2. The molecular weight excluding hydrogens is 202 g/mol. The van der Waals surface area contributed by atoms with Gasteiger partial charge in [-0.15, -0.1) is 0 Å². The second-order valence-corrected chi connectivity index (χ2v) is 6.27. The molecule has 15 heavy (non-hydrogen) atoms. The van der Waals surface area contributed by atoms with Gasteiger partial charge in [0.2, 0.25) is 0 Å². The molecule has 0 aromatic rings. The summed E-state index contributed by atoms with van der Waals surface area (Å²) in [6.45, 7) is 11.6. The molecule has 0 radical (unpaired) electrons. The average molecular weight is 231 g/mol. The van der Waals surface area contributed by atoms with Gasteiger partial charge in [-0.2, -0.15) is 11.8 Å². The van der Waals surface area contributed by atoms with Gasteiger partial charge in [-0.1, -0.05) is 27.7 Å². The first-order chi connectivity index (χ1) is 7.04. The Balaban J connectivity index is 3.74. The Morgan fingerprint density at radius 3 is 2.47 bits per heavy atom. The fourth-order valence-corrected chi connectivity index (χ4v) is 2.13. The molecule has 2 heteroatoms. The van der Waals surface area contributed by atoms with Crippen molar-refractivity contribution in [1.29, 1.82) is 0 Å². The largest absolute Gasteiger partial charge is 0.316 e. The molecule has 1 N–H and O–H groups in total. The van der Waals surface area contributed by atoms with Crippen molar-refractivity contribution in [3.8, 4) is 0 Å². The summed E-state index contributed by atoms with van der Waals surface area (Å²) in [4.78, 5) is 0. The lowest BCUT2D eigenvalue weighted by Gasteiger charge is -2.29. The van der Waals surface area contributed by atoms with Gasteiger partial charge >= 0.3 is 0 Å². The van der Waals surface area contributed by atoms with Gasteiger partial charge < -0.3 is 5.32 Å². The molecule has 1 nitrogen and oxygen atoms in total. The summed E-state index contributed by atoms with van der Waals surface area (Å²) in [7, 11) is 0. The predicted molar refractivity (Wildman–Crippen MR) is 73.7 cm³/mol. The highest BCUT2D eigenvalue weighted by Crippen LogP contribution is 2.27. The highest BCUT2D eigenvalue weighted by molar-refractivity contribution is 7.98. The maximum absolute atomic E-state index is 3.60. The molecule has 0 amide bonds. The van der Waals surface area contributed by atoms with E-state index in [4.69, 9.17) is 0 Å². The summed E-state index contributed by atoms with van der Waals surface area (Å²) >= 11 is 1.96. The van der Waals surface area contributed by atoms with Gasteiger partial charge in [0.1, 0.15) is 0 Å². The van der Waals surface area contributed by atoms with Gasteiger partial charge in [-0.3, -0.25) is 0 Å². The Labute approximate surface area is 101 Å². The molecule has 0 heterocycles. The Morgan fingerprint density at radius 1 is 1.33 bits per heavy atom. The first kappa shape index (κ1) is 15.3. The van der Waals surface area contributed by atoms with Crippen LogP contribution in [-0.4, -0.2) is 25.1 Å². The third-order valence-corrected chi connectivity index (χ3v) is 3.78. The zero-order chi connectivity index (χ0) is 11.7. The summed E-state index contributed by atoms with van der Waals surface area (Å²) in [5, 5.41) is 3.60. The summed E-state index contributed by atoms with van der Waals surface area (Å²) in [5.74, 6) is 2.07. The van der Waals surface area contributed by atoms with E-state index in [2.05, 4.69) is 39.3 Å². The first-order valence-corrected chi connectivity index (χ1v) is 7.63. The van der Waals surface area contributed by atoms with Gasteiger partial charge in [0.25, 0.3) is 0 Å². The van der Waals surface area contributed by atoms with Crippen LogP contribution >= 0.6 is 11.8 Å². The van der Waals surface area contributed by atoms with Crippen LogP contribution in [0.1, 0.15) is 47.0 Å². The highest BCUT2D eigenvalue weighted by Gasteiger charge is 2.20. The van der Waals surface area contributed by atoms with Crippen LogP contribution in [0.15, 0.2) is 0 Å². The molecule has 0 aliphatic carbocycles. The van der Waals surface area contributed by atoms with Crippen LogP contribution < -0.4 is 5.32 Å². The molecule has 0 spiro atoms. The molecule has 0 fully saturated rings. The first-order valence-electron chi connectivity index (χ1n) is 6.23. The lowest BCUT2D eigenvalue weighted by Crippen LogP contribution is -2.33. The SMILES string of the molecule is CCC(C)(CCCSC)CNCC(C)C. The van der Waals surface area contributed by atoms with E-state index in [0.29, 0.717) is 5.41 Å². The number of nitrogens with one attached hydrogen (secondary N) is 1. The normalized spacial score (nSPS) is 15.6. The molecule has 0 rings (SSSR count). The fourth-order valence-electron chi connectivity index (χ4n) is 1.70. The van der Waals surface area contributed by atoms with Crippen LogP contribution in [0.5, 0.6) is 0 Å². The maximum atomic E-state index is 3.60. The van der Waals surface area contributed by atoms with Crippen LogP contribution in [0.25, 0.3) is 0 Å². The van der Waals surface area contributed by atoms with Crippen LogP contribution in [0, 0.1) is 11.3 Å². The number of hydrogen-bond acceptors (Lipinski definition) is 2. The quantitative estimate of drug-likeness (QED) is 0.606. The Morgan fingerprint density at radius 2 is 2.00 bits per heavy atom. The van der Waals surface area contributed by atoms with Crippen molar-refractivity contribution in [1.82, 2.24) is 5.32 Å². The topological polar surface area (TPSA) is 12.0 Å². The molecule has 1 atom stereocenters. The van der Waals surface area contributed by atoms with Gasteiger partial charge in [0.05, 0.1) is 0 Å².